The van der Waals surface area contributed by atoms with Crippen LogP contribution in [-0.2, 0) is 11.4 Å². The largest absolute Gasteiger partial charge is 0.493 e. The number of hydrogen-bond acceptors (Lipinski definition) is 7. The Morgan fingerprint density at radius 2 is 2.06 bits per heavy atom. The Labute approximate surface area is 213 Å². The fraction of sp³-hybridized carbons (Fsp3) is 0.423. The number of carbonyl (C=O) groups excluding carboxylic acids is 1. The molecule has 1 unspecified atom stereocenters. The molecule has 5 rings (SSSR count). The number of aromatic nitrogens is 2. The first kappa shape index (κ1) is 24.2. The van der Waals surface area contributed by atoms with E-state index in [9.17, 15) is 14.7 Å². The number of aliphatic carboxylic acids is 1. The van der Waals surface area contributed by atoms with Crippen molar-refractivity contribution < 1.29 is 28.9 Å². The molecular weight excluding hydrogens is 482 g/mol. The molecule has 1 N–H and O–H groups in total. The van der Waals surface area contributed by atoms with Gasteiger partial charge >= 0.3 is 5.97 Å². The number of hydrogen-bond donors (Lipinski definition) is 1. The molecule has 0 radical (unpaired) electrons. The molecular formula is C26H29N3O6S. The number of ether oxygens (including phenoxy) is 3. The summed E-state index contributed by atoms with van der Waals surface area (Å²) < 4.78 is 19.4. The fourth-order valence-electron chi connectivity index (χ4n) is 4.80. The third-order valence-electron chi connectivity index (χ3n) is 6.56. The predicted octanol–water partition coefficient (Wildman–Crippen LogP) is 4.62. The van der Waals surface area contributed by atoms with Gasteiger partial charge in [0.2, 0.25) is 0 Å². The van der Waals surface area contributed by atoms with Gasteiger partial charge in [-0.2, -0.15) is 16.4 Å². The predicted molar refractivity (Wildman–Crippen MR) is 134 cm³/mol. The highest BCUT2D eigenvalue weighted by Crippen LogP contribution is 2.46. The second-order valence-electron chi connectivity index (χ2n) is 9.28. The van der Waals surface area contributed by atoms with Gasteiger partial charge in [0.15, 0.2) is 17.2 Å². The van der Waals surface area contributed by atoms with Crippen LogP contribution in [0.5, 0.6) is 17.2 Å². The Morgan fingerprint density at radius 1 is 1.22 bits per heavy atom. The molecule has 4 heterocycles. The van der Waals surface area contributed by atoms with Gasteiger partial charge in [0, 0.05) is 35.7 Å². The van der Waals surface area contributed by atoms with Gasteiger partial charge in [0.25, 0.3) is 5.91 Å². The molecule has 0 aliphatic carbocycles. The zero-order valence-electron chi connectivity index (χ0n) is 20.5. The van der Waals surface area contributed by atoms with E-state index in [-0.39, 0.29) is 18.6 Å². The molecule has 190 valence electrons. The van der Waals surface area contributed by atoms with Gasteiger partial charge in [0.05, 0.1) is 30.5 Å². The number of rotatable bonds is 6. The van der Waals surface area contributed by atoms with Crippen LogP contribution in [0.15, 0.2) is 29.0 Å². The molecule has 1 amide bonds. The lowest BCUT2D eigenvalue weighted by atomic mass is 10.0. The van der Waals surface area contributed by atoms with Crippen LogP contribution in [0.4, 0.5) is 0 Å². The molecule has 1 aromatic carbocycles. The second-order valence-corrected chi connectivity index (χ2v) is 10.1. The molecule has 0 saturated carbocycles. The standard InChI is InChI=1S/C26H29N3O6S/c1-15(2)35-22-11-18-20(12-21(22)33-3)34-13-19-23(27-29(24(18)19)17-7-10-36-14-17)25(30)28-8-4-5-16(6-9-28)26(31)32/h7,10-12,14-16H,4-6,8-9,13H2,1-3H3,(H,31,32). The third kappa shape index (κ3) is 4.41. The van der Waals surface area contributed by atoms with Crippen LogP contribution in [0, 0.1) is 5.92 Å². The average molecular weight is 512 g/mol. The number of nitrogens with zero attached hydrogens (tertiary/aromatic N) is 3. The molecule has 36 heavy (non-hydrogen) atoms. The highest BCUT2D eigenvalue weighted by atomic mass is 32.1. The summed E-state index contributed by atoms with van der Waals surface area (Å²) in [5.41, 5.74) is 3.45. The van der Waals surface area contributed by atoms with Crippen molar-refractivity contribution in [3.8, 4) is 34.2 Å². The first-order valence-corrected chi connectivity index (χ1v) is 13.0. The summed E-state index contributed by atoms with van der Waals surface area (Å²) >= 11 is 1.55. The van der Waals surface area contributed by atoms with Crippen molar-refractivity contribution in [1.82, 2.24) is 14.7 Å². The molecule has 0 spiro atoms. The minimum absolute atomic E-state index is 0.0579. The van der Waals surface area contributed by atoms with E-state index in [4.69, 9.17) is 19.3 Å². The highest BCUT2D eigenvalue weighted by molar-refractivity contribution is 7.08. The SMILES string of the molecule is COc1cc2c(cc1OC(C)C)-c1c(c(C(=O)N3CCCC(C(=O)O)CC3)nn1-c1ccsc1)CO2. The van der Waals surface area contributed by atoms with Crippen LogP contribution in [0.3, 0.4) is 0 Å². The summed E-state index contributed by atoms with van der Waals surface area (Å²) in [7, 11) is 1.59. The fourth-order valence-corrected chi connectivity index (χ4v) is 5.41. The zero-order valence-corrected chi connectivity index (χ0v) is 21.3. The normalized spacial score (nSPS) is 17.1. The quantitative estimate of drug-likeness (QED) is 0.515. The first-order chi connectivity index (χ1) is 17.4. The number of carbonyl (C=O) groups is 2. The highest BCUT2D eigenvalue weighted by Gasteiger charge is 2.34. The molecule has 0 bridgehead atoms. The maximum Gasteiger partial charge on any atom is 0.306 e. The van der Waals surface area contributed by atoms with Crippen molar-refractivity contribution in [2.24, 2.45) is 5.92 Å². The molecule has 2 aliphatic heterocycles. The Kier molecular flexibility index (Phi) is 6.61. The van der Waals surface area contributed by atoms with Crippen molar-refractivity contribution in [2.45, 2.75) is 45.8 Å². The molecule has 1 fully saturated rings. The Balaban J connectivity index is 1.60. The Bertz CT molecular complexity index is 1280. The third-order valence-corrected chi connectivity index (χ3v) is 7.23. The topological polar surface area (TPSA) is 103 Å². The Morgan fingerprint density at radius 3 is 2.75 bits per heavy atom. The minimum atomic E-state index is -0.803. The number of methoxy groups -OCH3 is 1. The summed E-state index contributed by atoms with van der Waals surface area (Å²) in [4.78, 5) is 26.9. The zero-order chi connectivity index (χ0) is 25.4. The van der Waals surface area contributed by atoms with E-state index in [0.29, 0.717) is 60.9 Å². The lowest BCUT2D eigenvalue weighted by Gasteiger charge is -2.23. The molecule has 10 heteroatoms. The van der Waals surface area contributed by atoms with Gasteiger partial charge in [-0.3, -0.25) is 9.59 Å². The molecule has 9 nitrogen and oxygen atoms in total. The molecule has 3 aromatic rings. The lowest BCUT2D eigenvalue weighted by Crippen LogP contribution is -2.33. The number of fused-ring (bicyclic) bond motifs is 3. The summed E-state index contributed by atoms with van der Waals surface area (Å²) in [5.74, 6) is 0.352. The molecule has 1 saturated heterocycles. The smallest absolute Gasteiger partial charge is 0.306 e. The number of carboxylic acids is 1. The van der Waals surface area contributed by atoms with Crippen molar-refractivity contribution in [1.29, 1.82) is 0 Å². The molecule has 2 aromatic heterocycles. The molecule has 1 atom stereocenters. The lowest BCUT2D eigenvalue weighted by molar-refractivity contribution is -0.142. The van der Waals surface area contributed by atoms with Crippen molar-refractivity contribution in [2.75, 3.05) is 20.2 Å². The van der Waals surface area contributed by atoms with E-state index in [1.807, 2.05) is 42.8 Å². The number of likely N-dealkylation sites (tertiary alicyclic amines) is 1. The number of benzene rings is 1. The number of carboxylic acid groups (broad SMARTS) is 1. The molecule has 2 aliphatic rings. The first-order valence-electron chi connectivity index (χ1n) is 12.1. The second kappa shape index (κ2) is 9.85. The van der Waals surface area contributed by atoms with Crippen LogP contribution in [-0.4, -0.2) is 58.0 Å². The van der Waals surface area contributed by atoms with Crippen LogP contribution in [0.25, 0.3) is 16.9 Å². The van der Waals surface area contributed by atoms with Gasteiger partial charge in [-0.15, -0.1) is 0 Å². The van der Waals surface area contributed by atoms with Gasteiger partial charge in [0.1, 0.15) is 12.4 Å². The maximum atomic E-state index is 13.7. The van der Waals surface area contributed by atoms with E-state index in [1.165, 1.54) is 0 Å². The van der Waals surface area contributed by atoms with Crippen molar-refractivity contribution in [3.63, 3.8) is 0 Å². The van der Waals surface area contributed by atoms with Crippen LogP contribution in [0.2, 0.25) is 0 Å². The van der Waals surface area contributed by atoms with E-state index in [0.717, 1.165) is 16.9 Å². The van der Waals surface area contributed by atoms with Gasteiger partial charge in [-0.1, -0.05) is 0 Å². The van der Waals surface area contributed by atoms with Crippen LogP contribution >= 0.6 is 11.3 Å². The van der Waals surface area contributed by atoms with Crippen LogP contribution in [0.1, 0.15) is 49.2 Å². The summed E-state index contributed by atoms with van der Waals surface area (Å²) in [6.45, 7) is 4.97. The average Bonchev–Trinajstić information content (AvgIpc) is 3.44. The number of thiophene rings is 1. The summed E-state index contributed by atoms with van der Waals surface area (Å²) in [6.07, 6.45) is 1.59. The number of amides is 1. The summed E-state index contributed by atoms with van der Waals surface area (Å²) in [6, 6.07) is 5.65. The van der Waals surface area contributed by atoms with Gasteiger partial charge in [-0.05, 0) is 50.6 Å². The van der Waals surface area contributed by atoms with E-state index in [1.54, 1.807) is 28.0 Å². The van der Waals surface area contributed by atoms with Crippen molar-refractivity contribution >= 4 is 23.2 Å². The van der Waals surface area contributed by atoms with Crippen molar-refractivity contribution in [3.05, 3.63) is 40.2 Å². The van der Waals surface area contributed by atoms with E-state index >= 15 is 0 Å². The Hall–Kier alpha value is -3.53. The summed E-state index contributed by atoms with van der Waals surface area (Å²) in [5, 5.41) is 18.2. The van der Waals surface area contributed by atoms with Gasteiger partial charge < -0.3 is 24.2 Å². The maximum absolute atomic E-state index is 13.7. The van der Waals surface area contributed by atoms with E-state index < -0.39 is 11.9 Å². The minimum Gasteiger partial charge on any atom is -0.493 e. The van der Waals surface area contributed by atoms with E-state index in [2.05, 4.69) is 0 Å². The van der Waals surface area contributed by atoms with Gasteiger partial charge in [-0.25, -0.2) is 4.68 Å². The van der Waals surface area contributed by atoms with Crippen LogP contribution < -0.4 is 14.2 Å². The monoisotopic (exact) mass is 511 g/mol.